The topological polar surface area (TPSA) is 66.4 Å². The Kier molecular flexibility index (Phi) is 4.76. The SMILES string of the molecule is CCc1cccc(Cl)c1N[C@@](C)(C(=O)O)S(C)=O. The van der Waals surface area contributed by atoms with E-state index in [1.165, 1.54) is 13.2 Å². The van der Waals surface area contributed by atoms with Crippen LogP contribution in [0, 0.1) is 0 Å². The number of benzene rings is 1. The molecule has 0 fully saturated rings. The first-order valence-electron chi connectivity index (χ1n) is 5.45. The molecule has 0 aliphatic carbocycles. The number of para-hydroxylation sites is 1. The lowest BCUT2D eigenvalue weighted by Gasteiger charge is -2.26. The van der Waals surface area contributed by atoms with Gasteiger partial charge in [0.15, 0.2) is 0 Å². The average molecular weight is 290 g/mol. The monoisotopic (exact) mass is 289 g/mol. The number of hydrogen-bond acceptors (Lipinski definition) is 3. The Bertz CT molecular complexity index is 476. The molecule has 6 heteroatoms. The minimum Gasteiger partial charge on any atom is -0.479 e. The van der Waals surface area contributed by atoms with Crippen molar-refractivity contribution in [3.63, 3.8) is 0 Å². The molecule has 1 rings (SSSR count). The average Bonchev–Trinajstić information content (AvgIpc) is 2.30. The van der Waals surface area contributed by atoms with Gasteiger partial charge in [0, 0.05) is 6.26 Å². The largest absolute Gasteiger partial charge is 0.479 e. The number of anilines is 1. The zero-order valence-electron chi connectivity index (χ0n) is 10.5. The van der Waals surface area contributed by atoms with E-state index in [2.05, 4.69) is 5.32 Å². The van der Waals surface area contributed by atoms with E-state index in [4.69, 9.17) is 11.6 Å². The molecule has 2 N–H and O–H groups in total. The number of hydrogen-bond donors (Lipinski definition) is 2. The van der Waals surface area contributed by atoms with Crippen molar-refractivity contribution in [3.05, 3.63) is 28.8 Å². The molecule has 4 nitrogen and oxygen atoms in total. The van der Waals surface area contributed by atoms with Crippen LogP contribution in [0.4, 0.5) is 5.69 Å². The fourth-order valence-corrected chi connectivity index (χ4v) is 2.22. The third-order valence-electron chi connectivity index (χ3n) is 2.83. The van der Waals surface area contributed by atoms with Gasteiger partial charge in [0.25, 0.3) is 0 Å². The van der Waals surface area contributed by atoms with Crippen molar-refractivity contribution in [2.24, 2.45) is 0 Å². The van der Waals surface area contributed by atoms with Crippen molar-refractivity contribution in [3.8, 4) is 0 Å². The van der Waals surface area contributed by atoms with Crippen LogP contribution in [-0.4, -0.2) is 26.4 Å². The fraction of sp³-hybridized carbons (Fsp3) is 0.417. The van der Waals surface area contributed by atoms with Crippen LogP contribution in [0.15, 0.2) is 18.2 Å². The predicted molar refractivity (Wildman–Crippen MR) is 74.6 cm³/mol. The highest BCUT2D eigenvalue weighted by molar-refractivity contribution is 7.86. The summed E-state index contributed by atoms with van der Waals surface area (Å²) in [6.07, 6.45) is 2.05. The first kappa shape index (κ1) is 15.0. The number of rotatable bonds is 5. The van der Waals surface area contributed by atoms with Gasteiger partial charge in [-0.05, 0) is 25.0 Å². The lowest BCUT2D eigenvalue weighted by Crippen LogP contribution is -2.47. The summed E-state index contributed by atoms with van der Waals surface area (Å²) in [5.41, 5.74) is 1.42. The highest BCUT2D eigenvalue weighted by atomic mass is 35.5. The molecule has 1 unspecified atom stereocenters. The van der Waals surface area contributed by atoms with Crippen molar-refractivity contribution in [1.82, 2.24) is 0 Å². The molecule has 0 radical (unpaired) electrons. The standard InChI is InChI=1S/C12H16ClNO3S/c1-4-8-6-5-7-9(13)10(8)14-12(2,11(15)16)18(3)17/h5-7,14H,4H2,1-3H3,(H,15,16)/t12-,18?/m1/s1. The van der Waals surface area contributed by atoms with Gasteiger partial charge in [-0.1, -0.05) is 30.7 Å². The Balaban J connectivity index is 3.25. The minimum atomic E-state index is -1.59. The van der Waals surface area contributed by atoms with Gasteiger partial charge in [-0.2, -0.15) is 0 Å². The third kappa shape index (κ3) is 2.84. The smallest absolute Gasteiger partial charge is 0.342 e. The Morgan fingerprint density at radius 1 is 1.56 bits per heavy atom. The van der Waals surface area contributed by atoms with Crippen LogP contribution in [0.2, 0.25) is 5.02 Å². The summed E-state index contributed by atoms with van der Waals surface area (Å²) in [5, 5.41) is 12.5. The molecule has 0 saturated carbocycles. The first-order valence-corrected chi connectivity index (χ1v) is 7.39. The van der Waals surface area contributed by atoms with Crippen molar-refractivity contribution in [1.29, 1.82) is 0 Å². The molecule has 18 heavy (non-hydrogen) atoms. The number of nitrogens with one attached hydrogen (secondary N) is 1. The Labute approximate surface area is 114 Å². The van der Waals surface area contributed by atoms with E-state index >= 15 is 0 Å². The van der Waals surface area contributed by atoms with Crippen molar-refractivity contribution >= 4 is 34.1 Å². The second-order valence-electron chi connectivity index (χ2n) is 4.05. The molecule has 2 atom stereocenters. The second kappa shape index (κ2) is 5.71. The quantitative estimate of drug-likeness (QED) is 0.874. The van der Waals surface area contributed by atoms with Crippen molar-refractivity contribution < 1.29 is 14.1 Å². The summed E-state index contributed by atoms with van der Waals surface area (Å²) in [6.45, 7) is 3.33. The molecular formula is C12H16ClNO3S. The van der Waals surface area contributed by atoms with Gasteiger partial charge < -0.3 is 10.4 Å². The maximum Gasteiger partial charge on any atom is 0.342 e. The second-order valence-corrected chi connectivity index (χ2v) is 6.18. The molecule has 0 saturated heterocycles. The lowest BCUT2D eigenvalue weighted by molar-refractivity contribution is -0.138. The molecule has 0 spiro atoms. The third-order valence-corrected chi connectivity index (χ3v) is 4.57. The first-order chi connectivity index (χ1) is 8.32. The summed E-state index contributed by atoms with van der Waals surface area (Å²) in [6, 6.07) is 5.33. The summed E-state index contributed by atoms with van der Waals surface area (Å²) in [4.78, 5) is 9.72. The number of carboxylic acids is 1. The van der Waals surface area contributed by atoms with Crippen LogP contribution in [0.1, 0.15) is 19.4 Å². The van der Waals surface area contributed by atoms with Crippen LogP contribution < -0.4 is 5.32 Å². The van der Waals surface area contributed by atoms with Crippen LogP contribution in [0.3, 0.4) is 0 Å². The van der Waals surface area contributed by atoms with Crippen LogP contribution in [0.5, 0.6) is 0 Å². The van der Waals surface area contributed by atoms with Gasteiger partial charge in [0.05, 0.1) is 21.5 Å². The molecule has 0 bridgehead atoms. The summed E-state index contributed by atoms with van der Waals surface area (Å²) in [5.74, 6) is -1.18. The molecule has 1 aromatic rings. The van der Waals surface area contributed by atoms with E-state index in [1.54, 1.807) is 12.1 Å². The number of halogens is 1. The Hall–Kier alpha value is -1.07. The fourth-order valence-electron chi connectivity index (χ4n) is 1.49. The van der Waals surface area contributed by atoms with Crippen LogP contribution in [-0.2, 0) is 22.0 Å². The predicted octanol–water partition coefficient (Wildman–Crippen LogP) is 2.49. The number of aryl methyl sites for hydroxylation is 1. The summed E-state index contributed by atoms with van der Waals surface area (Å²) in [7, 11) is -1.59. The molecular weight excluding hydrogens is 274 g/mol. The van der Waals surface area contributed by atoms with Crippen molar-refractivity contribution in [2.75, 3.05) is 11.6 Å². The van der Waals surface area contributed by atoms with Crippen LogP contribution >= 0.6 is 11.6 Å². The van der Waals surface area contributed by atoms with Gasteiger partial charge in [0.1, 0.15) is 0 Å². The molecule has 0 amide bonds. The number of aliphatic carboxylic acids is 1. The maximum absolute atomic E-state index is 11.6. The molecule has 1 aromatic carbocycles. The molecule has 0 aliphatic rings. The highest BCUT2D eigenvalue weighted by Crippen LogP contribution is 2.30. The van der Waals surface area contributed by atoms with E-state index in [1.807, 2.05) is 13.0 Å². The summed E-state index contributed by atoms with van der Waals surface area (Å²) < 4.78 is 11.6. The highest BCUT2D eigenvalue weighted by Gasteiger charge is 2.38. The van der Waals surface area contributed by atoms with Gasteiger partial charge in [-0.3, -0.25) is 4.21 Å². The van der Waals surface area contributed by atoms with Crippen molar-refractivity contribution in [2.45, 2.75) is 25.1 Å². The lowest BCUT2D eigenvalue weighted by atomic mass is 10.1. The van der Waals surface area contributed by atoms with Crippen LogP contribution in [0.25, 0.3) is 0 Å². The maximum atomic E-state index is 11.6. The van der Waals surface area contributed by atoms with E-state index in [9.17, 15) is 14.1 Å². The van der Waals surface area contributed by atoms with E-state index in [0.29, 0.717) is 17.1 Å². The van der Waals surface area contributed by atoms with Gasteiger partial charge in [-0.15, -0.1) is 0 Å². The number of carboxylic acid groups (broad SMARTS) is 1. The zero-order valence-corrected chi connectivity index (χ0v) is 12.1. The molecule has 0 heterocycles. The molecule has 100 valence electrons. The van der Waals surface area contributed by atoms with E-state index < -0.39 is 21.6 Å². The van der Waals surface area contributed by atoms with Gasteiger partial charge in [0.2, 0.25) is 4.87 Å². The Morgan fingerprint density at radius 3 is 2.61 bits per heavy atom. The zero-order chi connectivity index (χ0) is 13.9. The van der Waals surface area contributed by atoms with Gasteiger partial charge >= 0.3 is 5.97 Å². The number of carbonyl (C=O) groups is 1. The molecule has 0 aliphatic heterocycles. The van der Waals surface area contributed by atoms with E-state index in [-0.39, 0.29) is 0 Å². The van der Waals surface area contributed by atoms with Gasteiger partial charge in [-0.25, -0.2) is 4.79 Å². The Morgan fingerprint density at radius 2 is 2.17 bits per heavy atom. The minimum absolute atomic E-state index is 0.423. The molecule has 0 aromatic heterocycles. The normalized spacial score (nSPS) is 15.8. The summed E-state index contributed by atoms with van der Waals surface area (Å²) >= 11 is 6.07. The van der Waals surface area contributed by atoms with E-state index in [0.717, 1.165) is 5.56 Å².